The number of nitrogens with two attached hydrogens (primary N) is 1. The van der Waals surface area contributed by atoms with Crippen molar-refractivity contribution in [2.75, 3.05) is 4.90 Å². The molecular weight excluding hydrogens is 376 g/mol. The van der Waals surface area contributed by atoms with E-state index in [-0.39, 0.29) is 11.7 Å². The maximum absolute atomic E-state index is 13.4. The first kappa shape index (κ1) is 20.4. The van der Waals surface area contributed by atoms with Crippen molar-refractivity contribution >= 4 is 23.1 Å². The molecule has 2 aromatic rings. The Morgan fingerprint density at radius 3 is 2.60 bits per heavy atom. The molecule has 30 heavy (non-hydrogen) atoms. The third-order valence-corrected chi connectivity index (χ3v) is 6.20. The van der Waals surface area contributed by atoms with E-state index in [2.05, 4.69) is 4.98 Å². The third-order valence-electron chi connectivity index (χ3n) is 6.20. The van der Waals surface area contributed by atoms with Crippen LogP contribution in [-0.4, -0.2) is 28.6 Å². The molecule has 0 spiro atoms. The lowest BCUT2D eigenvalue weighted by molar-refractivity contribution is -0.120. The summed E-state index contributed by atoms with van der Waals surface area (Å²) in [5.74, 6) is -0.0403. The predicted octanol–water partition coefficient (Wildman–Crippen LogP) is 4.05. The van der Waals surface area contributed by atoms with Crippen molar-refractivity contribution in [1.82, 2.24) is 4.98 Å². The minimum absolute atomic E-state index is 0.0797. The Morgan fingerprint density at radius 1 is 1.13 bits per heavy atom. The van der Waals surface area contributed by atoms with Gasteiger partial charge in [-0.25, -0.2) is 0 Å². The second-order valence-electron chi connectivity index (χ2n) is 8.19. The Labute approximate surface area is 177 Å². The number of benzene rings is 1. The van der Waals surface area contributed by atoms with Gasteiger partial charge in [0.1, 0.15) is 0 Å². The van der Waals surface area contributed by atoms with E-state index in [4.69, 9.17) is 10.7 Å². The van der Waals surface area contributed by atoms with Crippen molar-refractivity contribution in [3.8, 4) is 0 Å². The molecule has 1 amide bonds. The number of rotatable bonds is 4. The van der Waals surface area contributed by atoms with E-state index >= 15 is 0 Å². The van der Waals surface area contributed by atoms with Crippen LogP contribution in [0.3, 0.4) is 0 Å². The zero-order valence-electron chi connectivity index (χ0n) is 17.5. The first-order valence-electron chi connectivity index (χ1n) is 10.7. The van der Waals surface area contributed by atoms with E-state index in [1.54, 1.807) is 23.2 Å². The van der Waals surface area contributed by atoms with Crippen LogP contribution in [0.2, 0.25) is 0 Å². The number of ketones is 1. The van der Waals surface area contributed by atoms with Crippen LogP contribution >= 0.6 is 0 Å². The van der Waals surface area contributed by atoms with Gasteiger partial charge in [-0.05, 0) is 44.9 Å². The largest absolute Gasteiger partial charge is 0.302 e. The van der Waals surface area contributed by atoms with Gasteiger partial charge in [0, 0.05) is 29.0 Å². The lowest BCUT2D eigenvalue weighted by Crippen LogP contribution is -2.44. The summed E-state index contributed by atoms with van der Waals surface area (Å²) in [6.07, 6.45) is 6.40. The molecule has 6 nitrogen and oxygen atoms in total. The molecule has 156 valence electrons. The summed E-state index contributed by atoms with van der Waals surface area (Å²) in [4.78, 5) is 36.4. The van der Waals surface area contributed by atoms with Gasteiger partial charge in [0.25, 0.3) is 5.91 Å². The Kier molecular flexibility index (Phi) is 5.77. The standard InChI is InChI=1S/C24H28N4O2/c1-15(21-18(16(2)29)12-8-14-26-21)28-20-13-7-6-11-19(20)22(27-23(25)24(28)30)17-9-4-3-5-10-17/h6-8,11-15,17,23H,3-5,9-10,25H2,1-2H3. The molecule has 1 aliphatic heterocycles. The second kappa shape index (κ2) is 8.48. The monoisotopic (exact) mass is 404 g/mol. The number of carbonyl (C=O) groups excluding carboxylic acids is 2. The Hall–Kier alpha value is -2.86. The number of aromatic nitrogens is 1. The lowest BCUT2D eigenvalue weighted by Gasteiger charge is -2.31. The van der Waals surface area contributed by atoms with Crippen LogP contribution in [0.5, 0.6) is 0 Å². The van der Waals surface area contributed by atoms with Crippen molar-refractivity contribution in [3.63, 3.8) is 0 Å². The first-order valence-corrected chi connectivity index (χ1v) is 10.7. The molecule has 2 atom stereocenters. The number of nitrogens with zero attached hydrogens (tertiary/aromatic N) is 3. The zero-order valence-corrected chi connectivity index (χ0v) is 17.5. The van der Waals surface area contributed by atoms with Crippen LogP contribution in [-0.2, 0) is 4.79 Å². The minimum Gasteiger partial charge on any atom is -0.302 e. The molecule has 1 saturated carbocycles. The van der Waals surface area contributed by atoms with E-state index in [1.807, 2.05) is 31.2 Å². The molecule has 2 aliphatic rings. The van der Waals surface area contributed by atoms with E-state index in [9.17, 15) is 9.59 Å². The molecule has 1 aliphatic carbocycles. The van der Waals surface area contributed by atoms with Gasteiger partial charge in [0.05, 0.1) is 17.4 Å². The normalized spacial score (nSPS) is 20.9. The van der Waals surface area contributed by atoms with Gasteiger partial charge < -0.3 is 5.73 Å². The molecule has 1 aromatic heterocycles. The predicted molar refractivity (Wildman–Crippen MR) is 118 cm³/mol. The second-order valence-corrected chi connectivity index (χ2v) is 8.19. The molecule has 0 saturated heterocycles. The number of para-hydroxylation sites is 1. The fourth-order valence-corrected chi connectivity index (χ4v) is 4.71. The van der Waals surface area contributed by atoms with Crippen molar-refractivity contribution in [2.24, 2.45) is 16.6 Å². The molecule has 6 heteroatoms. The third kappa shape index (κ3) is 3.67. The van der Waals surface area contributed by atoms with Gasteiger partial charge in [-0.1, -0.05) is 37.5 Å². The van der Waals surface area contributed by atoms with Crippen LogP contribution in [0.25, 0.3) is 0 Å². The molecule has 1 fully saturated rings. The number of Topliss-reactive ketones (excluding diaryl/α,β-unsaturated/α-hetero) is 1. The highest BCUT2D eigenvalue weighted by molar-refractivity contribution is 6.13. The van der Waals surface area contributed by atoms with E-state index in [0.29, 0.717) is 17.2 Å². The lowest BCUT2D eigenvalue weighted by atomic mass is 9.82. The summed E-state index contributed by atoms with van der Waals surface area (Å²) in [6.45, 7) is 3.41. The summed E-state index contributed by atoms with van der Waals surface area (Å²) in [6, 6.07) is 10.9. The molecule has 2 unspecified atom stereocenters. The quantitative estimate of drug-likeness (QED) is 0.779. The van der Waals surface area contributed by atoms with Crippen molar-refractivity contribution in [1.29, 1.82) is 0 Å². The number of carbonyl (C=O) groups is 2. The number of aliphatic imine (C=N–C) groups is 1. The highest BCUT2D eigenvalue weighted by Gasteiger charge is 2.36. The molecule has 2 heterocycles. The number of hydrogen-bond donors (Lipinski definition) is 1. The smallest absolute Gasteiger partial charge is 0.266 e. The number of fused-ring (bicyclic) bond motifs is 1. The van der Waals surface area contributed by atoms with Crippen molar-refractivity contribution < 1.29 is 9.59 Å². The topological polar surface area (TPSA) is 88.7 Å². The van der Waals surface area contributed by atoms with Crippen LogP contribution in [0, 0.1) is 5.92 Å². The highest BCUT2D eigenvalue weighted by Crippen LogP contribution is 2.37. The molecule has 0 bridgehead atoms. The van der Waals surface area contributed by atoms with Crippen LogP contribution in [0.1, 0.15) is 73.6 Å². The fourth-order valence-electron chi connectivity index (χ4n) is 4.71. The molecule has 4 rings (SSSR count). The van der Waals surface area contributed by atoms with E-state index < -0.39 is 12.2 Å². The van der Waals surface area contributed by atoms with Gasteiger partial charge in [0.2, 0.25) is 0 Å². The Bertz CT molecular complexity index is 994. The number of pyridine rings is 1. The maximum atomic E-state index is 13.4. The highest BCUT2D eigenvalue weighted by atomic mass is 16.2. The van der Waals surface area contributed by atoms with Crippen molar-refractivity contribution in [3.05, 3.63) is 59.4 Å². The average Bonchev–Trinajstić information content (AvgIpc) is 2.88. The van der Waals surface area contributed by atoms with Gasteiger partial charge >= 0.3 is 0 Å². The van der Waals surface area contributed by atoms with Crippen LogP contribution in [0.15, 0.2) is 47.6 Å². The Morgan fingerprint density at radius 2 is 1.87 bits per heavy atom. The first-order chi connectivity index (χ1) is 14.5. The van der Waals surface area contributed by atoms with Gasteiger partial charge in [-0.3, -0.25) is 24.5 Å². The van der Waals surface area contributed by atoms with Gasteiger partial charge in [-0.15, -0.1) is 0 Å². The van der Waals surface area contributed by atoms with Crippen LogP contribution in [0.4, 0.5) is 5.69 Å². The molecule has 1 aromatic carbocycles. The summed E-state index contributed by atoms with van der Waals surface area (Å²) in [5, 5.41) is 0. The minimum atomic E-state index is -0.971. The Balaban J connectivity index is 1.83. The number of hydrogen-bond acceptors (Lipinski definition) is 5. The van der Waals surface area contributed by atoms with E-state index in [0.717, 1.165) is 29.8 Å². The maximum Gasteiger partial charge on any atom is 0.266 e. The van der Waals surface area contributed by atoms with Crippen molar-refractivity contribution in [2.45, 2.75) is 58.2 Å². The summed E-state index contributed by atoms with van der Waals surface area (Å²) >= 11 is 0. The van der Waals surface area contributed by atoms with E-state index in [1.165, 1.54) is 26.2 Å². The number of anilines is 1. The SMILES string of the molecule is CC(=O)c1cccnc1C(C)N1C(=O)C(N)N=C(C2CCCCC2)c2ccccc21. The molecular formula is C24H28N4O2. The zero-order chi connectivity index (χ0) is 21.3. The molecule has 0 radical (unpaired) electrons. The van der Waals surface area contributed by atoms with Gasteiger partial charge in [0.15, 0.2) is 11.9 Å². The average molecular weight is 405 g/mol. The fraction of sp³-hybridized carbons (Fsp3) is 0.417. The van der Waals surface area contributed by atoms with Crippen LogP contribution < -0.4 is 10.6 Å². The number of amides is 1. The molecule has 2 N–H and O–H groups in total. The number of benzodiazepines with no additional fused rings is 1. The van der Waals surface area contributed by atoms with Gasteiger partial charge in [-0.2, -0.15) is 0 Å². The summed E-state index contributed by atoms with van der Waals surface area (Å²) in [5.41, 5.74) is 10.1. The summed E-state index contributed by atoms with van der Waals surface area (Å²) in [7, 11) is 0. The summed E-state index contributed by atoms with van der Waals surface area (Å²) < 4.78 is 0.